The molecule has 0 saturated heterocycles. The molecule has 23 heavy (non-hydrogen) atoms. The van der Waals surface area contributed by atoms with Gasteiger partial charge in [-0.1, -0.05) is 46.8 Å². The average molecular weight is 314 g/mol. The van der Waals surface area contributed by atoms with Crippen LogP contribution in [-0.4, -0.2) is 11.6 Å². The van der Waals surface area contributed by atoms with Gasteiger partial charge in [0.2, 0.25) is 0 Å². The quantitative estimate of drug-likeness (QED) is 0.772. The summed E-state index contributed by atoms with van der Waals surface area (Å²) >= 11 is 0. The highest BCUT2D eigenvalue weighted by atomic mass is 16.2. The van der Waals surface area contributed by atoms with Gasteiger partial charge in [0.15, 0.2) is 0 Å². The zero-order valence-electron chi connectivity index (χ0n) is 15.1. The summed E-state index contributed by atoms with van der Waals surface area (Å²) < 4.78 is 0. The van der Waals surface area contributed by atoms with E-state index in [-0.39, 0.29) is 5.91 Å². The van der Waals surface area contributed by atoms with E-state index in [2.05, 4.69) is 45.1 Å². The lowest BCUT2D eigenvalue weighted by molar-refractivity contribution is 0.0954. The van der Waals surface area contributed by atoms with Gasteiger partial charge < -0.3 is 0 Å². The Morgan fingerprint density at radius 3 is 2.17 bits per heavy atom. The van der Waals surface area contributed by atoms with E-state index < -0.39 is 0 Å². The highest BCUT2D eigenvalue weighted by molar-refractivity contribution is 5.95. The fraction of sp³-hybridized carbons (Fsp3) is 0.600. The molecule has 0 spiro atoms. The van der Waals surface area contributed by atoms with Gasteiger partial charge in [-0.3, -0.25) is 4.79 Å². The summed E-state index contributed by atoms with van der Waals surface area (Å²) in [6.45, 7) is 11.2. The summed E-state index contributed by atoms with van der Waals surface area (Å²) in [5.41, 5.74) is 6.12. The fourth-order valence-corrected chi connectivity index (χ4v) is 3.14. The maximum absolute atomic E-state index is 12.2. The van der Waals surface area contributed by atoms with Crippen LogP contribution in [0.25, 0.3) is 0 Å². The van der Waals surface area contributed by atoms with Gasteiger partial charge in [-0.25, -0.2) is 5.43 Å². The maximum atomic E-state index is 12.2. The summed E-state index contributed by atoms with van der Waals surface area (Å²) in [4.78, 5) is 12.2. The van der Waals surface area contributed by atoms with E-state index in [4.69, 9.17) is 0 Å². The molecule has 1 aliphatic rings. The number of amides is 1. The number of nitrogens with one attached hydrogen (secondary N) is 1. The van der Waals surface area contributed by atoms with Crippen molar-refractivity contribution in [2.45, 2.75) is 66.2 Å². The topological polar surface area (TPSA) is 41.5 Å². The van der Waals surface area contributed by atoms with E-state index in [0.717, 1.165) is 24.5 Å². The number of hydrogen-bond acceptors (Lipinski definition) is 2. The molecule has 0 bridgehead atoms. The van der Waals surface area contributed by atoms with Crippen molar-refractivity contribution < 1.29 is 4.79 Å². The minimum absolute atomic E-state index is 0.120. The molecule has 1 aromatic rings. The molecule has 0 radical (unpaired) electrons. The lowest BCUT2D eigenvalue weighted by Gasteiger charge is -2.34. The van der Waals surface area contributed by atoms with E-state index in [1.807, 2.05) is 24.3 Å². The molecule has 0 aromatic heterocycles. The monoisotopic (exact) mass is 314 g/mol. The third-order valence-electron chi connectivity index (χ3n) is 4.94. The van der Waals surface area contributed by atoms with Crippen molar-refractivity contribution in [3.63, 3.8) is 0 Å². The summed E-state index contributed by atoms with van der Waals surface area (Å²) in [6.07, 6.45) is 4.32. The van der Waals surface area contributed by atoms with Crippen molar-refractivity contribution in [3.8, 4) is 0 Å². The molecule has 1 aliphatic carbocycles. The molecule has 0 aliphatic heterocycles. The second-order valence-corrected chi connectivity index (χ2v) is 8.04. The molecule has 0 unspecified atom stereocenters. The Bertz CT molecular complexity index is 554. The zero-order chi connectivity index (χ0) is 17.0. The third-order valence-corrected chi connectivity index (χ3v) is 4.94. The Morgan fingerprint density at radius 1 is 1.13 bits per heavy atom. The first-order valence-electron chi connectivity index (χ1n) is 8.73. The maximum Gasteiger partial charge on any atom is 0.271 e. The Morgan fingerprint density at radius 2 is 1.70 bits per heavy atom. The van der Waals surface area contributed by atoms with Gasteiger partial charge >= 0.3 is 0 Å². The third kappa shape index (κ3) is 4.92. The van der Waals surface area contributed by atoms with Gasteiger partial charge in [0, 0.05) is 11.3 Å². The van der Waals surface area contributed by atoms with Crippen molar-refractivity contribution in [2.75, 3.05) is 0 Å². The van der Waals surface area contributed by atoms with Gasteiger partial charge in [0.25, 0.3) is 5.91 Å². The Hall–Kier alpha value is -1.64. The van der Waals surface area contributed by atoms with Crippen molar-refractivity contribution in [3.05, 3.63) is 35.4 Å². The van der Waals surface area contributed by atoms with Crippen LogP contribution in [-0.2, 0) is 0 Å². The number of benzene rings is 1. The SMILES string of the molecule is CC(C)c1ccc(C(=O)NN=C2CCC(C(C)(C)C)CC2)cc1. The van der Waals surface area contributed by atoms with Crippen LogP contribution in [0.5, 0.6) is 0 Å². The molecule has 126 valence electrons. The van der Waals surface area contributed by atoms with Gasteiger partial charge in [0.1, 0.15) is 0 Å². The molecule has 0 atom stereocenters. The second-order valence-electron chi connectivity index (χ2n) is 8.04. The number of hydrazone groups is 1. The van der Waals surface area contributed by atoms with Gasteiger partial charge in [-0.05, 0) is 60.6 Å². The average Bonchev–Trinajstić information content (AvgIpc) is 2.52. The lowest BCUT2D eigenvalue weighted by Crippen LogP contribution is -2.27. The minimum Gasteiger partial charge on any atom is -0.267 e. The second kappa shape index (κ2) is 7.29. The van der Waals surface area contributed by atoms with Crippen LogP contribution in [0.1, 0.15) is 82.1 Å². The van der Waals surface area contributed by atoms with E-state index >= 15 is 0 Å². The normalized spacial score (nSPS) is 18.9. The number of carbonyl (C=O) groups is 1. The highest BCUT2D eigenvalue weighted by Gasteiger charge is 2.28. The minimum atomic E-state index is -0.120. The molecule has 3 heteroatoms. The van der Waals surface area contributed by atoms with Crippen LogP contribution in [0.4, 0.5) is 0 Å². The lowest BCUT2D eigenvalue weighted by atomic mass is 9.72. The van der Waals surface area contributed by atoms with Crippen molar-refractivity contribution in [1.29, 1.82) is 0 Å². The molecular formula is C20H30N2O. The van der Waals surface area contributed by atoms with E-state index in [1.165, 1.54) is 18.4 Å². The smallest absolute Gasteiger partial charge is 0.267 e. The van der Waals surface area contributed by atoms with Crippen LogP contribution < -0.4 is 5.43 Å². The van der Waals surface area contributed by atoms with Gasteiger partial charge in [0.05, 0.1) is 0 Å². The molecule has 1 fully saturated rings. The largest absolute Gasteiger partial charge is 0.271 e. The predicted octanol–water partition coefficient (Wildman–Crippen LogP) is 5.13. The summed E-state index contributed by atoms with van der Waals surface area (Å²) in [6, 6.07) is 7.78. The molecule has 1 saturated carbocycles. The molecule has 3 nitrogen and oxygen atoms in total. The molecular weight excluding hydrogens is 284 g/mol. The van der Waals surface area contributed by atoms with E-state index in [0.29, 0.717) is 16.9 Å². The standard InChI is InChI=1S/C20H30N2O/c1-14(2)15-6-8-16(9-7-15)19(23)22-21-18-12-10-17(11-13-18)20(3,4)5/h6-9,14,17H,10-13H2,1-5H3,(H,22,23). The predicted molar refractivity (Wildman–Crippen MR) is 96.8 cm³/mol. The zero-order valence-corrected chi connectivity index (χ0v) is 15.1. The Kier molecular flexibility index (Phi) is 5.61. The first-order chi connectivity index (χ1) is 10.8. The van der Waals surface area contributed by atoms with Crippen LogP contribution in [0.3, 0.4) is 0 Å². The Labute approximate surface area is 140 Å². The molecule has 1 aromatic carbocycles. The van der Waals surface area contributed by atoms with Crippen molar-refractivity contribution in [2.24, 2.45) is 16.4 Å². The van der Waals surface area contributed by atoms with Crippen LogP contribution in [0.2, 0.25) is 0 Å². The van der Waals surface area contributed by atoms with Gasteiger partial charge in [-0.2, -0.15) is 5.10 Å². The first-order valence-corrected chi connectivity index (χ1v) is 8.73. The fourth-order valence-electron chi connectivity index (χ4n) is 3.14. The molecule has 0 heterocycles. The summed E-state index contributed by atoms with van der Waals surface area (Å²) in [7, 11) is 0. The van der Waals surface area contributed by atoms with Crippen LogP contribution in [0.15, 0.2) is 29.4 Å². The van der Waals surface area contributed by atoms with E-state index in [1.54, 1.807) is 0 Å². The van der Waals surface area contributed by atoms with Gasteiger partial charge in [-0.15, -0.1) is 0 Å². The number of carbonyl (C=O) groups excluding carboxylic acids is 1. The summed E-state index contributed by atoms with van der Waals surface area (Å²) in [5.74, 6) is 1.11. The van der Waals surface area contributed by atoms with Crippen LogP contribution in [0, 0.1) is 11.3 Å². The molecule has 1 N–H and O–H groups in total. The van der Waals surface area contributed by atoms with Crippen LogP contribution >= 0.6 is 0 Å². The van der Waals surface area contributed by atoms with E-state index in [9.17, 15) is 4.79 Å². The number of nitrogens with zero attached hydrogens (tertiary/aromatic N) is 1. The molecule has 2 rings (SSSR count). The number of rotatable bonds is 3. The Balaban J connectivity index is 1.89. The first kappa shape index (κ1) is 17.7. The number of hydrogen-bond donors (Lipinski definition) is 1. The van der Waals surface area contributed by atoms with Crippen molar-refractivity contribution in [1.82, 2.24) is 5.43 Å². The highest BCUT2D eigenvalue weighted by Crippen LogP contribution is 2.36. The van der Waals surface area contributed by atoms with Crippen molar-refractivity contribution >= 4 is 11.6 Å². The molecule has 1 amide bonds. The summed E-state index contributed by atoms with van der Waals surface area (Å²) in [5, 5.41) is 4.35.